The largest absolute Gasteiger partial charge is 0.310 e. The summed E-state index contributed by atoms with van der Waals surface area (Å²) in [6.07, 6.45) is 18.8. The third-order valence-corrected chi connectivity index (χ3v) is 21.1. The van der Waals surface area contributed by atoms with Gasteiger partial charge in [0.1, 0.15) is 11.6 Å². The highest BCUT2D eigenvalue weighted by Crippen LogP contribution is 2.57. The van der Waals surface area contributed by atoms with Gasteiger partial charge in [0.25, 0.3) is 0 Å². The highest BCUT2D eigenvalue weighted by Gasteiger charge is 2.41. The van der Waals surface area contributed by atoms with Crippen molar-refractivity contribution in [3.05, 3.63) is 411 Å². The summed E-state index contributed by atoms with van der Waals surface area (Å²) in [5, 5.41) is 0. The average molecular weight is 1430 g/mol. The molecule has 10 aromatic carbocycles. The van der Waals surface area contributed by atoms with Crippen molar-refractivity contribution < 1.29 is 0 Å². The van der Waals surface area contributed by atoms with Crippen LogP contribution in [0, 0.1) is 13.8 Å². The van der Waals surface area contributed by atoms with E-state index in [0.29, 0.717) is 0 Å². The number of hydrogen-bond acceptors (Lipinski definition) is 12. The molecule has 12 nitrogen and oxygen atoms in total. The average Bonchev–Trinajstić information content (AvgIpc) is 0.720. The molecule has 0 saturated carbocycles. The van der Waals surface area contributed by atoms with Crippen LogP contribution >= 0.6 is 0 Å². The molecule has 0 spiro atoms. The lowest BCUT2D eigenvalue weighted by molar-refractivity contribution is 0.631. The molecule has 110 heavy (non-hydrogen) atoms. The van der Waals surface area contributed by atoms with E-state index in [1.807, 2.05) is 74.1 Å². The summed E-state index contributed by atoms with van der Waals surface area (Å²) in [5.41, 5.74) is 27.9. The second-order valence-electron chi connectivity index (χ2n) is 28.7. The van der Waals surface area contributed by atoms with E-state index in [9.17, 15) is 0 Å². The number of aromatic nitrogens is 6. The summed E-state index contributed by atoms with van der Waals surface area (Å²) in [6, 6.07) is 111. The molecule has 2 aliphatic rings. The fourth-order valence-corrected chi connectivity index (χ4v) is 15.7. The van der Waals surface area contributed by atoms with Crippen molar-refractivity contribution in [3.63, 3.8) is 0 Å². The van der Waals surface area contributed by atoms with Gasteiger partial charge >= 0.3 is 0 Å². The molecule has 0 atom stereocenters. The first-order valence-corrected chi connectivity index (χ1v) is 37.2. The highest BCUT2D eigenvalue weighted by atomic mass is 15.2. The molecule has 0 N–H and O–H groups in total. The summed E-state index contributed by atoms with van der Waals surface area (Å²) in [4.78, 5) is 41.6. The molecule has 0 radical (unpaired) electrons. The van der Waals surface area contributed by atoms with Crippen LogP contribution in [0.1, 0.15) is 61.1 Å². The van der Waals surface area contributed by atoms with Crippen molar-refractivity contribution >= 4 is 103 Å². The third-order valence-electron chi connectivity index (χ3n) is 21.1. The molecule has 12 heteroatoms. The van der Waals surface area contributed by atoms with Crippen LogP contribution in [0.4, 0.5) is 103 Å². The fraction of sp³-hybridized carbons (Fsp3) is 0.0816. The fourth-order valence-electron chi connectivity index (χ4n) is 15.7. The maximum absolute atomic E-state index is 5.22. The molecule has 0 amide bonds. The maximum Gasteiger partial charge on any atom is 0.140 e. The summed E-state index contributed by atoms with van der Waals surface area (Å²) in [5.74, 6) is 1.78. The lowest BCUT2D eigenvalue weighted by Gasteiger charge is -2.43. The van der Waals surface area contributed by atoms with Crippen LogP contribution in [0.15, 0.2) is 377 Å². The van der Waals surface area contributed by atoms with E-state index in [0.717, 1.165) is 130 Å². The monoisotopic (exact) mass is 1420 g/mol. The van der Waals surface area contributed by atoms with E-state index >= 15 is 0 Å². The quantitative estimate of drug-likeness (QED) is 0.0921. The molecule has 0 saturated heterocycles. The Labute approximate surface area is 643 Å². The smallest absolute Gasteiger partial charge is 0.140 e. The van der Waals surface area contributed by atoms with E-state index < -0.39 is 10.8 Å². The Kier molecular flexibility index (Phi) is 18.6. The maximum atomic E-state index is 5.22. The number of hydrogen-bond donors (Lipinski definition) is 0. The molecular weight excluding hydrogens is 1350 g/mol. The van der Waals surface area contributed by atoms with Crippen molar-refractivity contribution in [1.82, 2.24) is 29.9 Å². The minimum absolute atomic E-state index is 0.395. The number of nitrogens with zero attached hydrogens (tertiary/aromatic N) is 12. The van der Waals surface area contributed by atoms with Gasteiger partial charge in [0, 0.05) is 152 Å². The van der Waals surface area contributed by atoms with Crippen LogP contribution < -0.4 is 29.4 Å². The minimum Gasteiger partial charge on any atom is -0.310 e. The Morgan fingerprint density at radius 1 is 0.245 bits per heavy atom. The van der Waals surface area contributed by atoms with Crippen molar-refractivity contribution in [3.8, 4) is 22.3 Å². The number of anilines is 18. The Morgan fingerprint density at radius 2 is 0.536 bits per heavy atom. The van der Waals surface area contributed by atoms with Gasteiger partial charge in [0.15, 0.2) is 0 Å². The topological polar surface area (TPSA) is 96.8 Å². The van der Waals surface area contributed by atoms with E-state index in [1.54, 1.807) is 0 Å². The second kappa shape index (κ2) is 29.7. The molecule has 6 aromatic heterocycles. The molecule has 18 rings (SSSR count). The Balaban J connectivity index is 0.000000160. The van der Waals surface area contributed by atoms with Crippen LogP contribution in [0.2, 0.25) is 0 Å². The predicted octanol–water partition coefficient (Wildman–Crippen LogP) is 25.8. The van der Waals surface area contributed by atoms with Crippen LogP contribution in [0.5, 0.6) is 0 Å². The molecule has 0 unspecified atom stereocenters. The van der Waals surface area contributed by atoms with Gasteiger partial charge in [-0.25, -0.2) is 9.97 Å². The lowest BCUT2D eigenvalue weighted by atomic mass is 9.73. The normalized spacial score (nSPS) is 12.7. The zero-order valence-electron chi connectivity index (χ0n) is 62.2. The van der Waals surface area contributed by atoms with Crippen LogP contribution in [-0.2, 0) is 10.8 Å². The van der Waals surface area contributed by atoms with Crippen molar-refractivity contribution in [1.29, 1.82) is 0 Å². The standard InChI is InChI=1S/2C49H40N6/c1-35-31-37(36-13-7-4-8-14-36)34-52-48(35)55-46-21-19-42(53(38-15-9-5-10-16-38)40-23-27-50-28-24-40)32-44(46)49(2,3)45-33-43(20-22-47(45)55)54(39-17-11-6-12-18-39)41-25-29-51-30-26-41;1-35-31-48(52-34-43(35)36-13-7-4-8-14-36)55-46-21-19-41(53(37-15-9-5-10-16-37)39-23-27-50-28-24-39)32-44(46)49(2,3)45-33-42(20-22-47(45)55)54(38-17-11-6-12-18-38)40-25-29-51-30-26-40/h2*4-34H,1-3H3. The SMILES string of the molecule is Cc1cc(-c2ccccc2)cnc1N1c2ccc(N(c3ccccc3)c3ccncc3)cc2C(C)(C)c2cc(N(c3ccccc3)c3ccncc3)ccc21.Cc1cc(N2c3ccc(N(c4ccccc4)c4ccncc4)cc3C(C)(C)c3cc(N(c4ccccc4)c4ccncc4)ccc32)ncc1-c1ccccc1. The summed E-state index contributed by atoms with van der Waals surface area (Å²) in [6.45, 7) is 13.7. The first-order chi connectivity index (χ1) is 53.9. The van der Waals surface area contributed by atoms with Gasteiger partial charge in [-0.2, -0.15) is 0 Å². The number of fused-ring (bicyclic) bond motifs is 4. The van der Waals surface area contributed by atoms with Crippen LogP contribution in [0.25, 0.3) is 22.3 Å². The van der Waals surface area contributed by atoms with Gasteiger partial charge < -0.3 is 19.6 Å². The first kappa shape index (κ1) is 69.0. The van der Waals surface area contributed by atoms with E-state index in [4.69, 9.17) is 9.97 Å². The molecule has 16 aromatic rings. The van der Waals surface area contributed by atoms with Gasteiger partial charge in [0.05, 0.1) is 22.7 Å². The Hall–Kier alpha value is -14.1. The first-order valence-electron chi connectivity index (χ1n) is 37.2. The van der Waals surface area contributed by atoms with Crippen molar-refractivity contribution in [2.45, 2.75) is 52.4 Å². The minimum atomic E-state index is -0.397. The van der Waals surface area contributed by atoms with Gasteiger partial charge in [-0.3, -0.25) is 29.7 Å². The van der Waals surface area contributed by atoms with Gasteiger partial charge in [-0.05, 0) is 240 Å². The number of aryl methyl sites for hydroxylation is 2. The zero-order valence-corrected chi connectivity index (χ0v) is 62.2. The van der Waals surface area contributed by atoms with E-state index in [2.05, 4.69) is 394 Å². The predicted molar refractivity (Wildman–Crippen MR) is 452 cm³/mol. The van der Waals surface area contributed by atoms with Crippen molar-refractivity contribution in [2.75, 3.05) is 29.4 Å². The summed E-state index contributed by atoms with van der Waals surface area (Å²) >= 11 is 0. The molecule has 0 aliphatic carbocycles. The van der Waals surface area contributed by atoms with Gasteiger partial charge in [-0.1, -0.05) is 161 Å². The summed E-state index contributed by atoms with van der Waals surface area (Å²) < 4.78 is 0. The number of rotatable bonds is 16. The lowest BCUT2D eigenvalue weighted by Crippen LogP contribution is -2.32. The number of para-hydroxylation sites is 4. The van der Waals surface area contributed by atoms with E-state index in [1.165, 1.54) is 27.8 Å². The molecule has 532 valence electrons. The van der Waals surface area contributed by atoms with Crippen LogP contribution in [-0.4, -0.2) is 29.9 Å². The Morgan fingerprint density at radius 3 is 0.845 bits per heavy atom. The third kappa shape index (κ3) is 13.2. The van der Waals surface area contributed by atoms with Gasteiger partial charge in [-0.15, -0.1) is 0 Å². The van der Waals surface area contributed by atoms with Gasteiger partial charge in [0.2, 0.25) is 0 Å². The van der Waals surface area contributed by atoms with E-state index in [-0.39, 0.29) is 0 Å². The molecule has 8 heterocycles. The molecular formula is C98H80N12. The molecule has 0 fully saturated rings. The Bertz CT molecular complexity index is 5460. The number of benzene rings is 10. The number of pyridine rings is 6. The zero-order chi connectivity index (χ0) is 74.7. The van der Waals surface area contributed by atoms with Crippen LogP contribution in [0.3, 0.4) is 0 Å². The second-order valence-corrected chi connectivity index (χ2v) is 28.7. The molecule has 2 aliphatic heterocycles. The van der Waals surface area contributed by atoms with Crippen molar-refractivity contribution in [2.24, 2.45) is 0 Å². The molecule has 0 bridgehead atoms. The summed E-state index contributed by atoms with van der Waals surface area (Å²) in [7, 11) is 0. The highest BCUT2D eigenvalue weighted by molar-refractivity contribution is 5.93.